The molecule has 0 bridgehead atoms. The number of para-hydroxylation sites is 1. The Morgan fingerprint density at radius 3 is 2.19 bits per heavy atom. The highest BCUT2D eigenvalue weighted by molar-refractivity contribution is 7.91. The van der Waals surface area contributed by atoms with E-state index < -0.39 is 15.4 Å². The fraction of sp³-hybridized carbons (Fsp3) is 0.0625. The first-order chi connectivity index (χ1) is 9.98. The number of aromatic nitrogens is 1. The van der Waals surface area contributed by atoms with Crippen LogP contribution in [-0.2, 0) is 9.84 Å². The largest absolute Gasteiger partial charge is 0.321 e. The van der Waals surface area contributed by atoms with Crippen molar-refractivity contribution in [2.75, 3.05) is 6.26 Å². The molecule has 1 aromatic heterocycles. The number of hydrogen-bond donors (Lipinski definition) is 1. The zero-order valence-corrected chi connectivity index (χ0v) is 12.1. The SMILES string of the molecule is CS(=O)(=O)c1c(-c2ccccc2)c(=O)[nH]c2ccccc12. The molecule has 0 amide bonds. The summed E-state index contributed by atoms with van der Waals surface area (Å²) in [4.78, 5) is 15.2. The number of H-pyrrole nitrogens is 1. The van der Waals surface area contributed by atoms with Crippen LogP contribution in [0, 0.1) is 0 Å². The van der Waals surface area contributed by atoms with Gasteiger partial charge in [-0.2, -0.15) is 0 Å². The molecule has 0 aliphatic carbocycles. The van der Waals surface area contributed by atoms with Gasteiger partial charge in [-0.15, -0.1) is 0 Å². The lowest BCUT2D eigenvalue weighted by Crippen LogP contribution is -2.15. The Bertz CT molecular complexity index is 973. The van der Waals surface area contributed by atoms with Gasteiger partial charge in [0.25, 0.3) is 5.56 Å². The van der Waals surface area contributed by atoms with Crippen LogP contribution in [0.1, 0.15) is 0 Å². The maximum absolute atomic E-state index is 12.4. The highest BCUT2D eigenvalue weighted by atomic mass is 32.2. The summed E-state index contributed by atoms with van der Waals surface area (Å²) in [5, 5.41) is 0.526. The summed E-state index contributed by atoms with van der Waals surface area (Å²) in [7, 11) is -3.55. The highest BCUT2D eigenvalue weighted by Crippen LogP contribution is 2.29. The van der Waals surface area contributed by atoms with E-state index in [-0.39, 0.29) is 10.5 Å². The van der Waals surface area contributed by atoms with E-state index in [0.717, 1.165) is 6.26 Å². The van der Waals surface area contributed by atoms with Crippen molar-refractivity contribution in [3.8, 4) is 11.1 Å². The molecule has 0 aliphatic heterocycles. The number of nitrogens with one attached hydrogen (secondary N) is 1. The van der Waals surface area contributed by atoms with Gasteiger partial charge in [0.1, 0.15) is 0 Å². The van der Waals surface area contributed by atoms with Crippen LogP contribution in [0.25, 0.3) is 22.0 Å². The summed E-state index contributed by atoms with van der Waals surface area (Å²) in [6.07, 6.45) is 1.13. The Hall–Kier alpha value is -2.40. The van der Waals surface area contributed by atoms with Crippen LogP contribution >= 0.6 is 0 Å². The van der Waals surface area contributed by atoms with Crippen molar-refractivity contribution in [1.82, 2.24) is 4.98 Å². The fourth-order valence-electron chi connectivity index (χ4n) is 2.46. The Labute approximate surface area is 122 Å². The van der Waals surface area contributed by atoms with Gasteiger partial charge >= 0.3 is 0 Å². The molecule has 4 nitrogen and oxygen atoms in total. The predicted octanol–water partition coefficient (Wildman–Crippen LogP) is 2.60. The molecule has 1 heterocycles. The minimum Gasteiger partial charge on any atom is -0.321 e. The lowest BCUT2D eigenvalue weighted by atomic mass is 10.0. The Kier molecular flexibility index (Phi) is 3.14. The molecular formula is C16H13NO3S. The summed E-state index contributed by atoms with van der Waals surface area (Å²) >= 11 is 0. The van der Waals surface area contributed by atoms with Crippen LogP contribution in [0.5, 0.6) is 0 Å². The molecule has 0 spiro atoms. The third-order valence-electron chi connectivity index (χ3n) is 3.31. The van der Waals surface area contributed by atoms with Crippen molar-refractivity contribution in [2.45, 2.75) is 4.90 Å². The number of aromatic amines is 1. The van der Waals surface area contributed by atoms with Crippen molar-refractivity contribution in [2.24, 2.45) is 0 Å². The average Bonchev–Trinajstić information content (AvgIpc) is 2.45. The molecule has 1 N–H and O–H groups in total. The summed E-state index contributed by atoms with van der Waals surface area (Å²) in [5.41, 5.74) is 0.893. The molecule has 2 aromatic carbocycles. The second-order valence-corrected chi connectivity index (χ2v) is 6.79. The summed E-state index contributed by atoms with van der Waals surface area (Å²) in [6.45, 7) is 0. The van der Waals surface area contributed by atoms with Crippen LogP contribution in [0.4, 0.5) is 0 Å². The molecule has 3 aromatic rings. The minimum atomic E-state index is -3.55. The number of fused-ring (bicyclic) bond motifs is 1. The van der Waals surface area contributed by atoms with Gasteiger partial charge in [-0.1, -0.05) is 48.5 Å². The van der Waals surface area contributed by atoms with Gasteiger partial charge in [-0.25, -0.2) is 8.42 Å². The molecule has 0 aliphatic rings. The molecule has 0 radical (unpaired) electrons. The van der Waals surface area contributed by atoms with Gasteiger partial charge in [0.05, 0.1) is 10.5 Å². The first-order valence-corrected chi connectivity index (χ1v) is 8.28. The molecule has 0 saturated heterocycles. The maximum atomic E-state index is 12.4. The monoisotopic (exact) mass is 299 g/mol. The molecule has 3 rings (SSSR count). The fourth-order valence-corrected chi connectivity index (χ4v) is 3.62. The first-order valence-electron chi connectivity index (χ1n) is 6.39. The van der Waals surface area contributed by atoms with Crippen molar-refractivity contribution >= 4 is 20.7 Å². The van der Waals surface area contributed by atoms with Crippen LogP contribution in [0.3, 0.4) is 0 Å². The van der Waals surface area contributed by atoms with Crippen molar-refractivity contribution < 1.29 is 8.42 Å². The molecule has 106 valence electrons. The van der Waals surface area contributed by atoms with E-state index in [2.05, 4.69) is 4.98 Å². The third-order valence-corrected chi connectivity index (χ3v) is 4.47. The number of sulfone groups is 1. The third kappa shape index (κ3) is 2.36. The van der Waals surface area contributed by atoms with Crippen LogP contribution < -0.4 is 5.56 Å². The van der Waals surface area contributed by atoms with E-state index in [1.165, 1.54) is 0 Å². The summed E-state index contributed by atoms with van der Waals surface area (Å²) in [6, 6.07) is 15.7. The molecule has 5 heteroatoms. The highest BCUT2D eigenvalue weighted by Gasteiger charge is 2.21. The number of hydrogen-bond acceptors (Lipinski definition) is 3. The van der Waals surface area contributed by atoms with Gasteiger partial charge in [-0.05, 0) is 11.6 Å². The van der Waals surface area contributed by atoms with E-state index in [0.29, 0.717) is 16.5 Å². The lowest BCUT2D eigenvalue weighted by Gasteiger charge is -2.11. The predicted molar refractivity (Wildman–Crippen MR) is 83.1 cm³/mol. The van der Waals surface area contributed by atoms with E-state index in [1.807, 2.05) is 6.07 Å². The minimum absolute atomic E-state index is 0.0769. The molecule has 0 unspecified atom stereocenters. The molecule has 0 saturated carbocycles. The van der Waals surface area contributed by atoms with E-state index in [9.17, 15) is 13.2 Å². The van der Waals surface area contributed by atoms with Gasteiger partial charge in [0.2, 0.25) is 0 Å². The van der Waals surface area contributed by atoms with Crippen LogP contribution in [0.15, 0.2) is 64.3 Å². The second-order valence-electron chi connectivity index (χ2n) is 4.84. The number of pyridine rings is 1. The Balaban J connectivity index is 2.56. The standard InChI is InChI=1S/C16H13NO3S/c1-21(19,20)15-12-9-5-6-10-13(12)17-16(18)14(15)11-7-3-2-4-8-11/h2-10H,1H3,(H,17,18). The van der Waals surface area contributed by atoms with Gasteiger partial charge in [-0.3, -0.25) is 4.79 Å². The molecule has 0 fully saturated rings. The summed E-state index contributed by atoms with van der Waals surface area (Å²) in [5.74, 6) is 0. The lowest BCUT2D eigenvalue weighted by molar-refractivity contribution is 0.603. The summed E-state index contributed by atoms with van der Waals surface area (Å²) < 4.78 is 24.5. The molecule has 21 heavy (non-hydrogen) atoms. The van der Waals surface area contributed by atoms with E-state index >= 15 is 0 Å². The van der Waals surface area contributed by atoms with Gasteiger partial charge < -0.3 is 4.98 Å². The molecular weight excluding hydrogens is 286 g/mol. The smallest absolute Gasteiger partial charge is 0.257 e. The van der Waals surface area contributed by atoms with Gasteiger partial charge in [0, 0.05) is 17.2 Å². The zero-order chi connectivity index (χ0) is 15.0. The number of benzene rings is 2. The Morgan fingerprint density at radius 1 is 0.905 bits per heavy atom. The molecule has 0 atom stereocenters. The van der Waals surface area contributed by atoms with Gasteiger partial charge in [0.15, 0.2) is 9.84 Å². The Morgan fingerprint density at radius 2 is 1.52 bits per heavy atom. The normalized spacial score (nSPS) is 11.7. The second kappa shape index (κ2) is 4.86. The van der Waals surface area contributed by atoms with Crippen LogP contribution in [0.2, 0.25) is 0 Å². The van der Waals surface area contributed by atoms with E-state index in [1.54, 1.807) is 48.5 Å². The average molecular weight is 299 g/mol. The maximum Gasteiger partial charge on any atom is 0.257 e. The quantitative estimate of drug-likeness (QED) is 0.791. The van der Waals surface area contributed by atoms with Crippen LogP contribution in [-0.4, -0.2) is 19.7 Å². The van der Waals surface area contributed by atoms with Crippen molar-refractivity contribution in [1.29, 1.82) is 0 Å². The first kappa shape index (κ1) is 13.6. The topological polar surface area (TPSA) is 67.0 Å². The van der Waals surface area contributed by atoms with E-state index in [4.69, 9.17) is 0 Å². The number of rotatable bonds is 2. The zero-order valence-electron chi connectivity index (χ0n) is 11.3. The van der Waals surface area contributed by atoms with Crippen molar-refractivity contribution in [3.05, 3.63) is 65.0 Å². The van der Waals surface area contributed by atoms with Crippen molar-refractivity contribution in [3.63, 3.8) is 0 Å².